The van der Waals surface area contributed by atoms with Gasteiger partial charge in [-0.05, 0) is 11.1 Å². The summed E-state index contributed by atoms with van der Waals surface area (Å²) in [6.07, 6.45) is 0. The Hall–Kier alpha value is -2.29. The fourth-order valence-electron chi connectivity index (χ4n) is 2.74. The van der Waals surface area contributed by atoms with Gasteiger partial charge in [0.1, 0.15) is 6.04 Å². The van der Waals surface area contributed by atoms with Crippen molar-refractivity contribution in [2.24, 2.45) is 11.1 Å². The lowest BCUT2D eigenvalue weighted by atomic mass is 9.95. The molecule has 0 saturated heterocycles. The molecule has 0 radical (unpaired) electrons. The highest BCUT2D eigenvalue weighted by molar-refractivity contribution is 7.98. The van der Waals surface area contributed by atoms with Crippen LogP contribution in [0.5, 0.6) is 0 Å². The first kappa shape index (κ1) is 26.0. The summed E-state index contributed by atoms with van der Waals surface area (Å²) in [4.78, 5) is 37.2. The van der Waals surface area contributed by atoms with E-state index in [1.165, 1.54) is 17.3 Å². The van der Waals surface area contributed by atoms with Gasteiger partial charge in [0.15, 0.2) is 0 Å². The normalized spacial score (nSPS) is 12.1. The van der Waals surface area contributed by atoms with E-state index in [2.05, 4.69) is 22.8 Å². The summed E-state index contributed by atoms with van der Waals surface area (Å²) in [5.74, 6) is 1.11. The van der Waals surface area contributed by atoms with Crippen molar-refractivity contribution in [1.82, 2.24) is 10.6 Å². The van der Waals surface area contributed by atoms with Crippen LogP contribution in [0, 0.1) is 5.41 Å². The second kappa shape index (κ2) is 13.3. The van der Waals surface area contributed by atoms with Gasteiger partial charge in [-0.15, -0.1) is 0 Å². The van der Waals surface area contributed by atoms with Gasteiger partial charge in [-0.3, -0.25) is 19.7 Å². The lowest BCUT2D eigenvalue weighted by Gasteiger charge is -2.26. The fourth-order valence-corrected chi connectivity index (χ4v) is 4.93. The highest BCUT2D eigenvalue weighted by atomic mass is 32.2. The van der Waals surface area contributed by atoms with E-state index in [4.69, 9.17) is 5.73 Å². The van der Waals surface area contributed by atoms with Gasteiger partial charge in [0.25, 0.3) is 0 Å². The molecule has 32 heavy (non-hydrogen) atoms. The van der Waals surface area contributed by atoms with Crippen LogP contribution in [0.4, 0.5) is 0 Å². The number of nitrogens with one attached hydrogen (secondary N) is 2. The molecule has 6 nitrogen and oxygen atoms in total. The second-order valence-corrected chi connectivity index (χ2v) is 10.0. The van der Waals surface area contributed by atoms with Gasteiger partial charge in [0.05, 0.1) is 12.0 Å². The average molecular weight is 474 g/mol. The van der Waals surface area contributed by atoms with Crippen molar-refractivity contribution in [2.75, 3.05) is 18.1 Å². The number of carbonyl (C=O) groups excluding carboxylic acids is 3. The van der Waals surface area contributed by atoms with Crippen molar-refractivity contribution >= 4 is 41.2 Å². The summed E-state index contributed by atoms with van der Waals surface area (Å²) in [6.45, 7) is 3.43. The molecule has 1 atom stereocenters. The lowest BCUT2D eigenvalue weighted by molar-refractivity contribution is -0.135. The van der Waals surface area contributed by atoms with Gasteiger partial charge in [-0.1, -0.05) is 74.5 Å². The predicted molar refractivity (Wildman–Crippen MR) is 133 cm³/mol. The highest BCUT2D eigenvalue weighted by Crippen LogP contribution is 2.25. The summed E-state index contributed by atoms with van der Waals surface area (Å²) < 4.78 is 0. The molecule has 0 saturated carbocycles. The Morgan fingerprint density at radius 3 is 1.97 bits per heavy atom. The third-order valence-corrected chi connectivity index (χ3v) is 7.22. The minimum absolute atomic E-state index is 0.223. The molecule has 8 heteroatoms. The molecule has 0 aliphatic carbocycles. The Balaban J connectivity index is 1.94. The topological polar surface area (TPSA) is 101 Å². The molecule has 4 N–H and O–H groups in total. The lowest BCUT2D eigenvalue weighted by Crippen LogP contribution is -2.53. The van der Waals surface area contributed by atoms with Gasteiger partial charge >= 0.3 is 0 Å². The van der Waals surface area contributed by atoms with Crippen molar-refractivity contribution < 1.29 is 14.4 Å². The minimum Gasteiger partial charge on any atom is -0.343 e. The number of hydrogen-bond donors (Lipinski definition) is 3. The number of carbonyl (C=O) groups is 3. The SMILES string of the molecule is CC(C)(CSCc1ccccc1)C(=O)N[C@H](CSCc1ccccc1)C(=O)NC(=O)CN. The first-order valence-corrected chi connectivity index (χ1v) is 12.7. The van der Waals surface area contributed by atoms with E-state index in [1.54, 1.807) is 11.8 Å². The molecule has 0 bridgehead atoms. The molecule has 0 heterocycles. The smallest absolute Gasteiger partial charge is 0.250 e. The van der Waals surface area contributed by atoms with Crippen LogP contribution in [0.25, 0.3) is 0 Å². The molecule has 0 aromatic heterocycles. The van der Waals surface area contributed by atoms with E-state index in [0.29, 0.717) is 17.3 Å². The first-order valence-electron chi connectivity index (χ1n) is 10.4. The maximum atomic E-state index is 13.0. The van der Waals surface area contributed by atoms with Gasteiger partial charge in [-0.2, -0.15) is 23.5 Å². The van der Waals surface area contributed by atoms with E-state index in [1.807, 2.05) is 62.4 Å². The van der Waals surface area contributed by atoms with Gasteiger partial charge in [-0.25, -0.2) is 0 Å². The van der Waals surface area contributed by atoms with E-state index in [0.717, 1.165) is 11.3 Å². The zero-order chi connectivity index (χ0) is 23.4. The number of hydrogen-bond acceptors (Lipinski definition) is 6. The first-order chi connectivity index (χ1) is 15.3. The zero-order valence-electron chi connectivity index (χ0n) is 18.5. The number of thioether (sulfide) groups is 2. The molecule has 172 valence electrons. The van der Waals surface area contributed by atoms with E-state index in [-0.39, 0.29) is 12.5 Å². The van der Waals surface area contributed by atoms with Crippen molar-refractivity contribution in [2.45, 2.75) is 31.4 Å². The molecule has 2 aromatic carbocycles. The van der Waals surface area contributed by atoms with Crippen LogP contribution in [0.2, 0.25) is 0 Å². The number of imide groups is 1. The molecule has 0 aliphatic rings. The molecule has 0 aliphatic heterocycles. The van der Waals surface area contributed by atoms with Gasteiger partial charge in [0.2, 0.25) is 17.7 Å². The molecular weight excluding hydrogens is 442 g/mol. The van der Waals surface area contributed by atoms with E-state index in [9.17, 15) is 14.4 Å². The van der Waals surface area contributed by atoms with Crippen LogP contribution in [0.1, 0.15) is 25.0 Å². The Kier molecular flexibility index (Phi) is 10.8. The quantitative estimate of drug-likeness (QED) is 0.438. The molecule has 2 aromatic rings. The molecule has 2 rings (SSSR count). The Morgan fingerprint density at radius 2 is 1.44 bits per heavy atom. The highest BCUT2D eigenvalue weighted by Gasteiger charge is 2.31. The van der Waals surface area contributed by atoms with Crippen molar-refractivity contribution in [3.8, 4) is 0 Å². The number of amides is 3. The average Bonchev–Trinajstić information content (AvgIpc) is 2.79. The summed E-state index contributed by atoms with van der Waals surface area (Å²) in [6, 6.07) is 19.1. The fraction of sp³-hybridized carbons (Fsp3) is 0.375. The van der Waals surface area contributed by atoms with Crippen molar-refractivity contribution in [1.29, 1.82) is 0 Å². The van der Waals surface area contributed by atoms with Gasteiger partial charge in [0, 0.05) is 23.0 Å². The maximum Gasteiger partial charge on any atom is 0.250 e. The van der Waals surface area contributed by atoms with E-state index < -0.39 is 23.3 Å². The predicted octanol–water partition coefficient (Wildman–Crippen LogP) is 2.97. The Labute approximate surface area is 198 Å². The van der Waals surface area contributed by atoms with Crippen molar-refractivity contribution in [3.63, 3.8) is 0 Å². The molecule has 0 spiro atoms. The van der Waals surface area contributed by atoms with Crippen LogP contribution >= 0.6 is 23.5 Å². The maximum absolute atomic E-state index is 13.0. The summed E-state index contributed by atoms with van der Waals surface area (Å²) in [7, 11) is 0. The van der Waals surface area contributed by atoms with Gasteiger partial charge < -0.3 is 11.1 Å². The van der Waals surface area contributed by atoms with Crippen LogP contribution < -0.4 is 16.4 Å². The molecule has 0 unspecified atom stereocenters. The van der Waals surface area contributed by atoms with Crippen molar-refractivity contribution in [3.05, 3.63) is 71.8 Å². The third-order valence-electron chi connectivity index (χ3n) is 4.66. The van der Waals surface area contributed by atoms with Crippen LogP contribution in [0.15, 0.2) is 60.7 Å². The summed E-state index contributed by atoms with van der Waals surface area (Å²) in [5.41, 5.74) is 6.95. The number of rotatable bonds is 12. The second-order valence-electron chi connectivity index (χ2n) is 8.01. The van der Waals surface area contributed by atoms with Crippen LogP contribution in [0.3, 0.4) is 0 Å². The zero-order valence-corrected chi connectivity index (χ0v) is 20.1. The largest absolute Gasteiger partial charge is 0.343 e. The molecule has 0 fully saturated rings. The number of nitrogens with two attached hydrogens (primary N) is 1. The summed E-state index contributed by atoms with van der Waals surface area (Å²) in [5, 5.41) is 5.11. The Bertz CT molecular complexity index is 877. The minimum atomic E-state index is -0.829. The van der Waals surface area contributed by atoms with E-state index >= 15 is 0 Å². The monoisotopic (exact) mass is 473 g/mol. The van der Waals surface area contributed by atoms with Crippen LogP contribution in [-0.2, 0) is 25.9 Å². The van der Waals surface area contributed by atoms with Crippen LogP contribution in [-0.4, -0.2) is 41.8 Å². The number of benzene rings is 2. The molecule has 3 amide bonds. The standard InChI is InChI=1S/C24H31N3O3S2/c1-24(2,17-32-15-19-11-7-4-8-12-19)23(30)26-20(22(29)27-21(28)13-25)16-31-14-18-9-5-3-6-10-18/h3-12,20H,13-17,25H2,1-2H3,(H,26,30)(H,27,28,29)/t20-/m1/s1. The Morgan fingerprint density at radius 1 is 0.906 bits per heavy atom. The third kappa shape index (κ3) is 9.06. The molecular formula is C24H31N3O3S2. The summed E-state index contributed by atoms with van der Waals surface area (Å²) >= 11 is 3.19.